The normalized spacial score (nSPS) is 19.6. The van der Waals surface area contributed by atoms with Gasteiger partial charge >= 0.3 is 0 Å². The molecule has 170 valence electrons. The highest BCUT2D eigenvalue weighted by Gasteiger charge is 2.33. The van der Waals surface area contributed by atoms with Gasteiger partial charge in [-0.15, -0.1) is 0 Å². The summed E-state index contributed by atoms with van der Waals surface area (Å²) >= 11 is 0. The van der Waals surface area contributed by atoms with Gasteiger partial charge in [0.15, 0.2) is 6.10 Å². The number of anilines is 1. The largest absolute Gasteiger partial charge is 0.479 e. The molecule has 2 amide bonds. The summed E-state index contributed by atoms with van der Waals surface area (Å²) < 4.78 is 33.1. The lowest BCUT2D eigenvalue weighted by Crippen LogP contribution is -2.43. The van der Waals surface area contributed by atoms with Crippen molar-refractivity contribution in [3.63, 3.8) is 0 Å². The predicted octanol–water partition coefficient (Wildman–Crippen LogP) is 2.43. The number of benzene rings is 2. The third-order valence-corrected chi connectivity index (χ3v) is 7.83. The van der Waals surface area contributed by atoms with Crippen LogP contribution in [0.2, 0.25) is 0 Å². The van der Waals surface area contributed by atoms with Gasteiger partial charge in [0.1, 0.15) is 5.75 Å². The van der Waals surface area contributed by atoms with Crippen molar-refractivity contribution < 1.29 is 22.7 Å². The van der Waals surface area contributed by atoms with Gasteiger partial charge in [-0.05, 0) is 50.5 Å². The Bertz CT molecular complexity index is 1120. The van der Waals surface area contributed by atoms with Crippen molar-refractivity contribution in [2.75, 3.05) is 18.4 Å². The third-order valence-electron chi connectivity index (χ3n) is 5.93. The van der Waals surface area contributed by atoms with Gasteiger partial charge in [-0.3, -0.25) is 9.59 Å². The highest BCUT2D eigenvalue weighted by molar-refractivity contribution is 7.89. The van der Waals surface area contributed by atoms with Gasteiger partial charge in [-0.1, -0.05) is 29.8 Å². The number of piperidine rings is 1. The van der Waals surface area contributed by atoms with Crippen LogP contribution in [0.3, 0.4) is 0 Å². The van der Waals surface area contributed by atoms with E-state index in [1.807, 2.05) is 31.2 Å². The first-order chi connectivity index (χ1) is 15.2. The lowest BCUT2D eigenvalue weighted by Gasteiger charge is -2.31. The Hall–Kier alpha value is -2.91. The summed E-state index contributed by atoms with van der Waals surface area (Å²) in [5, 5.41) is 5.63. The molecule has 0 aromatic heterocycles. The molecular weight excluding hydrogens is 430 g/mol. The molecule has 2 aromatic carbocycles. The number of aryl methyl sites for hydroxylation is 1. The van der Waals surface area contributed by atoms with Gasteiger partial charge in [0.2, 0.25) is 15.9 Å². The smallest absolute Gasteiger partial charge is 0.265 e. The van der Waals surface area contributed by atoms with E-state index in [1.54, 1.807) is 13.0 Å². The van der Waals surface area contributed by atoms with E-state index in [2.05, 4.69) is 10.6 Å². The van der Waals surface area contributed by atoms with Gasteiger partial charge in [0.25, 0.3) is 5.91 Å². The predicted molar refractivity (Wildman–Crippen MR) is 120 cm³/mol. The van der Waals surface area contributed by atoms with Crippen LogP contribution in [-0.4, -0.2) is 43.7 Å². The van der Waals surface area contributed by atoms with Crippen LogP contribution in [0.15, 0.2) is 47.4 Å². The Kier molecular flexibility index (Phi) is 6.21. The Morgan fingerprint density at radius 1 is 1.16 bits per heavy atom. The second-order valence-corrected chi connectivity index (χ2v) is 10.2. The minimum absolute atomic E-state index is 0.0506. The molecule has 2 aliphatic rings. The van der Waals surface area contributed by atoms with Gasteiger partial charge < -0.3 is 15.4 Å². The van der Waals surface area contributed by atoms with Crippen molar-refractivity contribution in [1.82, 2.24) is 9.62 Å². The van der Waals surface area contributed by atoms with Gasteiger partial charge in [-0.2, -0.15) is 4.31 Å². The van der Waals surface area contributed by atoms with Crippen LogP contribution in [0.5, 0.6) is 5.75 Å². The highest BCUT2D eigenvalue weighted by atomic mass is 32.2. The number of nitrogens with zero attached hydrogens (tertiary/aromatic N) is 1. The maximum absolute atomic E-state index is 13.1. The van der Waals surface area contributed by atoms with E-state index in [9.17, 15) is 18.0 Å². The van der Waals surface area contributed by atoms with Crippen LogP contribution in [-0.2, 0) is 26.2 Å². The zero-order chi connectivity index (χ0) is 22.9. The SMILES string of the molecule is Cc1ccc(CNC(=O)C2CCN(S(=O)(=O)c3ccc4c(c3)NC(=O)[C@@H](C)O4)CC2)cc1. The molecule has 0 saturated carbocycles. The number of carbonyl (C=O) groups is 2. The molecule has 0 unspecified atom stereocenters. The van der Waals surface area contributed by atoms with Gasteiger partial charge in [-0.25, -0.2) is 8.42 Å². The average molecular weight is 458 g/mol. The summed E-state index contributed by atoms with van der Waals surface area (Å²) in [5.41, 5.74) is 2.54. The van der Waals surface area contributed by atoms with Crippen molar-refractivity contribution in [2.24, 2.45) is 5.92 Å². The number of ether oxygens (including phenoxy) is 1. The zero-order valence-corrected chi connectivity index (χ0v) is 18.9. The molecule has 1 saturated heterocycles. The third kappa shape index (κ3) is 4.63. The first-order valence-electron chi connectivity index (χ1n) is 10.7. The van der Waals surface area contributed by atoms with Crippen LogP contribution in [0.25, 0.3) is 0 Å². The molecule has 2 aliphatic heterocycles. The van der Waals surface area contributed by atoms with Crippen LogP contribution < -0.4 is 15.4 Å². The first-order valence-corrected chi connectivity index (χ1v) is 12.1. The standard InChI is InChI=1S/C23H27N3O5S/c1-15-3-5-17(6-4-15)14-24-23(28)18-9-11-26(12-10-18)32(29,30)19-7-8-21-20(13-19)25-22(27)16(2)31-21/h3-8,13,16,18H,9-12,14H2,1-2H3,(H,24,28)(H,25,27)/t16-/m1/s1. The maximum atomic E-state index is 13.1. The van der Waals surface area contributed by atoms with E-state index in [0.717, 1.165) is 11.1 Å². The fourth-order valence-corrected chi connectivity index (χ4v) is 5.39. The summed E-state index contributed by atoms with van der Waals surface area (Å²) in [6.07, 6.45) is 0.295. The molecule has 2 N–H and O–H groups in total. The summed E-state index contributed by atoms with van der Waals surface area (Å²) in [6, 6.07) is 12.4. The van der Waals surface area contributed by atoms with E-state index in [-0.39, 0.29) is 35.7 Å². The number of amides is 2. The number of fused-ring (bicyclic) bond motifs is 1. The Balaban J connectivity index is 1.36. The van der Waals surface area contributed by atoms with Gasteiger partial charge in [0, 0.05) is 25.6 Å². The van der Waals surface area contributed by atoms with Crippen LogP contribution in [0, 0.1) is 12.8 Å². The van der Waals surface area contributed by atoms with Crippen molar-refractivity contribution in [2.45, 2.75) is 44.2 Å². The lowest BCUT2D eigenvalue weighted by atomic mass is 9.97. The molecule has 0 aliphatic carbocycles. The summed E-state index contributed by atoms with van der Waals surface area (Å²) in [4.78, 5) is 24.5. The molecule has 1 atom stereocenters. The monoisotopic (exact) mass is 457 g/mol. The summed E-state index contributed by atoms with van der Waals surface area (Å²) in [6.45, 7) is 4.63. The average Bonchev–Trinajstić information content (AvgIpc) is 2.79. The van der Waals surface area contributed by atoms with Crippen LogP contribution in [0.1, 0.15) is 30.9 Å². The molecule has 4 rings (SSSR count). The second-order valence-electron chi connectivity index (χ2n) is 8.29. The molecule has 0 radical (unpaired) electrons. The molecule has 8 nitrogen and oxygen atoms in total. The summed E-state index contributed by atoms with van der Waals surface area (Å²) in [7, 11) is -3.74. The van der Waals surface area contributed by atoms with Crippen molar-refractivity contribution in [3.8, 4) is 5.75 Å². The van der Waals surface area contributed by atoms with E-state index in [4.69, 9.17) is 4.74 Å². The number of sulfonamides is 1. The highest BCUT2D eigenvalue weighted by Crippen LogP contribution is 2.33. The minimum atomic E-state index is -3.74. The maximum Gasteiger partial charge on any atom is 0.265 e. The van der Waals surface area contributed by atoms with Crippen LogP contribution >= 0.6 is 0 Å². The molecular formula is C23H27N3O5S. The lowest BCUT2D eigenvalue weighted by molar-refractivity contribution is -0.126. The molecule has 0 spiro atoms. The quantitative estimate of drug-likeness (QED) is 0.718. The fourth-order valence-electron chi connectivity index (χ4n) is 3.90. The van der Waals surface area contributed by atoms with Crippen LogP contribution in [0.4, 0.5) is 5.69 Å². The van der Waals surface area contributed by atoms with E-state index >= 15 is 0 Å². The Morgan fingerprint density at radius 3 is 2.53 bits per heavy atom. The fraction of sp³-hybridized carbons (Fsp3) is 0.391. The zero-order valence-electron chi connectivity index (χ0n) is 18.1. The number of nitrogens with one attached hydrogen (secondary N) is 2. The topological polar surface area (TPSA) is 105 Å². The first kappa shape index (κ1) is 22.3. The minimum Gasteiger partial charge on any atom is -0.479 e. The molecule has 1 fully saturated rings. The molecule has 2 heterocycles. The number of rotatable bonds is 5. The van der Waals surface area contributed by atoms with E-state index in [1.165, 1.54) is 16.4 Å². The molecule has 9 heteroatoms. The van der Waals surface area contributed by atoms with Crippen molar-refractivity contribution >= 4 is 27.5 Å². The van der Waals surface area contributed by atoms with Gasteiger partial charge in [0.05, 0.1) is 10.6 Å². The van der Waals surface area contributed by atoms with E-state index < -0.39 is 16.1 Å². The van der Waals surface area contributed by atoms with E-state index in [0.29, 0.717) is 30.8 Å². The summed E-state index contributed by atoms with van der Waals surface area (Å²) in [5.74, 6) is -0.139. The molecule has 0 bridgehead atoms. The van der Waals surface area contributed by atoms with Crippen molar-refractivity contribution in [3.05, 3.63) is 53.6 Å². The molecule has 2 aromatic rings. The number of hydrogen-bond acceptors (Lipinski definition) is 5. The number of hydrogen-bond donors (Lipinski definition) is 2. The van der Waals surface area contributed by atoms with Crippen molar-refractivity contribution in [1.29, 1.82) is 0 Å². The molecule has 32 heavy (non-hydrogen) atoms. The Morgan fingerprint density at radius 2 is 1.84 bits per heavy atom. The Labute approximate surface area is 188 Å². The second kappa shape index (κ2) is 8.91. The number of carbonyl (C=O) groups excluding carboxylic acids is 2.